The van der Waals surface area contributed by atoms with Crippen LogP contribution in [0, 0.1) is 11.8 Å². The normalized spacial score (nSPS) is 33.0. The van der Waals surface area contributed by atoms with Crippen LogP contribution < -0.4 is 26.0 Å². The Kier molecular flexibility index (Phi) is 14.5. The fourth-order valence-electron chi connectivity index (χ4n) is 9.79. The number of nitrogens with zero attached hydrogens (tertiary/aromatic N) is 3. The summed E-state index contributed by atoms with van der Waals surface area (Å²) in [5.41, 5.74) is 1.39. The number of benzene rings is 1. The van der Waals surface area contributed by atoms with Crippen LogP contribution in [-0.4, -0.2) is 142 Å². The minimum absolute atomic E-state index is 0.0340. The van der Waals surface area contributed by atoms with E-state index in [1.54, 1.807) is 52.8 Å². The zero-order valence-corrected chi connectivity index (χ0v) is 37.2. The fraction of sp³-hybridized carbons (Fsp3) is 0.652. The first-order valence-electron chi connectivity index (χ1n) is 22.8. The zero-order valence-electron chi connectivity index (χ0n) is 37.2. The van der Waals surface area contributed by atoms with Crippen molar-refractivity contribution in [2.24, 2.45) is 11.8 Å². The summed E-state index contributed by atoms with van der Waals surface area (Å²) >= 11 is 0. The van der Waals surface area contributed by atoms with Crippen molar-refractivity contribution in [3.63, 3.8) is 0 Å². The molecule has 344 valence electrons. The third-order valence-corrected chi connectivity index (χ3v) is 13.8. The predicted octanol–water partition coefficient (Wildman–Crippen LogP) is 1.63. The zero-order chi connectivity index (χ0) is 45.1. The van der Waals surface area contributed by atoms with E-state index >= 15 is 0 Å². The average molecular weight is 876 g/mol. The third kappa shape index (κ3) is 10.0. The molecule has 6 aliphatic heterocycles. The van der Waals surface area contributed by atoms with Gasteiger partial charge in [0, 0.05) is 38.4 Å². The van der Waals surface area contributed by atoms with Crippen LogP contribution in [0.15, 0.2) is 48.4 Å². The van der Waals surface area contributed by atoms with Crippen molar-refractivity contribution in [3.05, 3.63) is 53.9 Å². The number of amides is 5. The molecule has 5 N–H and O–H groups in total. The number of aliphatic hydroxyl groups excluding tert-OH is 1. The average Bonchev–Trinajstić information content (AvgIpc) is 4.13. The molecule has 0 radical (unpaired) electrons. The minimum Gasteiger partial charge on any atom is -0.491 e. The van der Waals surface area contributed by atoms with E-state index in [1.807, 2.05) is 20.8 Å². The highest BCUT2D eigenvalue weighted by molar-refractivity contribution is 5.97. The number of Topliss-reactive ketones (excluding diaryl/α,β-unsaturated/α-hetero) is 1. The Balaban J connectivity index is 1.16. The van der Waals surface area contributed by atoms with E-state index in [0.717, 1.165) is 5.56 Å². The number of nitrogens with one attached hydrogen (secondary N) is 4. The van der Waals surface area contributed by atoms with Crippen molar-refractivity contribution in [2.75, 3.05) is 26.2 Å². The Morgan fingerprint density at radius 2 is 1.54 bits per heavy atom. The molecule has 1 aromatic carbocycles. The predicted molar refractivity (Wildman–Crippen MR) is 230 cm³/mol. The number of rotatable bonds is 8. The van der Waals surface area contributed by atoms with Gasteiger partial charge in [-0.3, -0.25) is 34.1 Å². The maximum absolute atomic E-state index is 14.7. The summed E-state index contributed by atoms with van der Waals surface area (Å²) in [6.07, 6.45) is 2.61. The van der Waals surface area contributed by atoms with Crippen molar-refractivity contribution in [3.8, 4) is 5.75 Å². The molecule has 12 atom stereocenters. The summed E-state index contributed by atoms with van der Waals surface area (Å²) in [6, 6.07) is 2.74. The molecule has 63 heavy (non-hydrogen) atoms. The van der Waals surface area contributed by atoms with Crippen LogP contribution in [0.1, 0.15) is 91.5 Å². The van der Waals surface area contributed by atoms with Gasteiger partial charge in [-0.15, -0.1) is 0 Å². The van der Waals surface area contributed by atoms with Crippen LogP contribution in [-0.2, 0) is 44.7 Å². The second kappa shape index (κ2) is 19.8. The smallest absolute Gasteiger partial charge is 0.271 e. The molecule has 5 fully saturated rings. The Hall–Kier alpha value is -5.00. The molecule has 5 saturated heterocycles. The van der Waals surface area contributed by atoms with Gasteiger partial charge in [-0.05, 0) is 88.5 Å². The van der Waals surface area contributed by atoms with Gasteiger partial charge in [0.05, 0.1) is 24.2 Å². The summed E-state index contributed by atoms with van der Waals surface area (Å²) in [7, 11) is 0. The summed E-state index contributed by atoms with van der Waals surface area (Å²) in [6.45, 7) is 14.2. The van der Waals surface area contributed by atoms with Gasteiger partial charge in [-0.2, -0.15) is 0 Å². The Morgan fingerprint density at radius 1 is 0.873 bits per heavy atom. The quantitative estimate of drug-likeness (QED) is 0.237. The third-order valence-electron chi connectivity index (χ3n) is 13.8. The van der Waals surface area contributed by atoms with Crippen molar-refractivity contribution >= 4 is 35.3 Å². The van der Waals surface area contributed by atoms with Gasteiger partial charge in [-0.1, -0.05) is 39.0 Å². The highest BCUT2D eigenvalue weighted by atomic mass is 16.5. The van der Waals surface area contributed by atoms with Crippen LogP contribution in [0.4, 0.5) is 0 Å². The first-order valence-corrected chi connectivity index (χ1v) is 22.8. The highest BCUT2D eigenvalue weighted by Gasteiger charge is 2.48. The van der Waals surface area contributed by atoms with E-state index < -0.39 is 72.7 Å². The Bertz CT molecular complexity index is 1940. The maximum atomic E-state index is 14.7. The highest BCUT2D eigenvalue weighted by Crippen LogP contribution is 2.33. The van der Waals surface area contributed by atoms with Gasteiger partial charge in [0.2, 0.25) is 23.6 Å². The summed E-state index contributed by atoms with van der Waals surface area (Å²) in [5, 5.41) is 22.5. The number of hydrogen-bond acceptors (Lipinski definition) is 12. The first kappa shape index (κ1) is 46.0. The van der Waals surface area contributed by atoms with Crippen LogP contribution in [0.25, 0.3) is 0 Å². The molecule has 6 heterocycles. The summed E-state index contributed by atoms with van der Waals surface area (Å²) < 4.78 is 18.0. The lowest BCUT2D eigenvalue weighted by Gasteiger charge is -2.34. The maximum Gasteiger partial charge on any atom is 0.271 e. The van der Waals surface area contributed by atoms with Crippen molar-refractivity contribution < 1.29 is 48.1 Å². The minimum atomic E-state index is -1.03. The van der Waals surface area contributed by atoms with Gasteiger partial charge in [0.1, 0.15) is 54.8 Å². The molecule has 5 amide bonds. The fourth-order valence-corrected chi connectivity index (χ4v) is 9.79. The van der Waals surface area contributed by atoms with E-state index in [-0.39, 0.29) is 60.5 Å². The molecule has 0 spiro atoms. The molecule has 4 bridgehead atoms. The standard InChI is InChI=1S/C46H65N7O10/c1-7-26(4)31-22-37(54)39-28(6)63-43(50-39)35-12-9-19-52(35)45(59)32(21-29-14-16-30(17-15-29)61-24-38(55)25(2)3)48-40(56)33-23-62-42(49-33)27(5)47-41(57)34-11-8-18-51(34)46(60)36-13-10-20-53(36)44(31)58/h14-17,23,26-28,31-32,34-36,38-39,42-43,49-50,55H,2,7-13,18-22,24H2,1,3-6H3,(H,47,57)(H,48,56)/t26-,27-,28+,31-,32-,34-,35-,36-,38?,39-,42?,43?/m0/s1. The molecule has 7 rings (SSSR count). The molecule has 0 aromatic heterocycles. The van der Waals surface area contributed by atoms with Gasteiger partial charge in [0.15, 0.2) is 12.0 Å². The number of aliphatic hydroxyl groups is 1. The lowest BCUT2D eigenvalue weighted by Crippen LogP contribution is -2.57. The molecular formula is C46H65N7O10. The van der Waals surface area contributed by atoms with E-state index in [9.17, 15) is 33.9 Å². The van der Waals surface area contributed by atoms with Crippen LogP contribution in [0.3, 0.4) is 0 Å². The first-order chi connectivity index (χ1) is 30.1. The molecule has 0 saturated carbocycles. The number of ether oxygens (including phenoxy) is 3. The number of fused-ring (bicyclic) bond motifs is 8. The number of hydrogen-bond donors (Lipinski definition) is 5. The van der Waals surface area contributed by atoms with E-state index in [2.05, 4.69) is 27.8 Å². The molecule has 17 nitrogen and oxygen atoms in total. The summed E-state index contributed by atoms with van der Waals surface area (Å²) in [5.74, 6) is -2.23. The molecule has 17 heteroatoms. The van der Waals surface area contributed by atoms with Gasteiger partial charge < -0.3 is 50.0 Å². The molecule has 6 aliphatic rings. The largest absolute Gasteiger partial charge is 0.491 e. The van der Waals surface area contributed by atoms with Crippen LogP contribution in [0.5, 0.6) is 5.75 Å². The van der Waals surface area contributed by atoms with Gasteiger partial charge in [-0.25, -0.2) is 0 Å². The van der Waals surface area contributed by atoms with Crippen molar-refractivity contribution in [1.29, 1.82) is 0 Å². The van der Waals surface area contributed by atoms with Crippen LogP contribution in [0.2, 0.25) is 0 Å². The molecular weight excluding hydrogens is 811 g/mol. The van der Waals surface area contributed by atoms with Crippen LogP contribution >= 0.6 is 0 Å². The topological polar surface area (TPSA) is 208 Å². The number of carbonyl (C=O) groups is 6. The monoisotopic (exact) mass is 875 g/mol. The molecule has 1 aromatic rings. The summed E-state index contributed by atoms with van der Waals surface area (Å²) in [4.78, 5) is 90.5. The van der Waals surface area contributed by atoms with Crippen molar-refractivity contribution in [1.82, 2.24) is 36.0 Å². The van der Waals surface area contributed by atoms with E-state index in [1.165, 1.54) is 6.26 Å². The Morgan fingerprint density at radius 3 is 2.24 bits per heavy atom. The second-order valence-electron chi connectivity index (χ2n) is 18.3. The molecule has 3 unspecified atom stereocenters. The Labute approximate surface area is 369 Å². The van der Waals surface area contributed by atoms with E-state index in [0.29, 0.717) is 75.9 Å². The number of ketones is 1. The lowest BCUT2D eigenvalue weighted by atomic mass is 9.84. The van der Waals surface area contributed by atoms with Gasteiger partial charge in [0.25, 0.3) is 5.91 Å². The van der Waals surface area contributed by atoms with E-state index in [4.69, 9.17) is 14.2 Å². The van der Waals surface area contributed by atoms with Crippen molar-refractivity contribution in [2.45, 2.75) is 153 Å². The number of carbonyl (C=O) groups excluding carboxylic acids is 6. The lowest BCUT2D eigenvalue weighted by molar-refractivity contribution is -0.150. The molecule has 0 aliphatic carbocycles. The SMILES string of the molecule is C=C(C)C(O)COc1ccc(C[C@@H]2NC(=O)C3=COC(N3)[C@H](C)NC(=O)[C@@H]3CCCN3C(=O)[C@@H]3CCCN3C(=O)[C@H]([C@@H](C)CC)CC(=O)[C@H]3NC(O[C@@H]3C)[C@@H]3CCCN3C2=O)cc1. The van der Waals surface area contributed by atoms with Gasteiger partial charge >= 0.3 is 0 Å². The second-order valence-corrected chi connectivity index (χ2v) is 18.3.